The molecule has 0 saturated carbocycles. The maximum Gasteiger partial charge on any atom is 0.170 e. The van der Waals surface area contributed by atoms with Gasteiger partial charge in [0.05, 0.1) is 12.7 Å². The van der Waals surface area contributed by atoms with Gasteiger partial charge in [-0.2, -0.15) is 0 Å². The van der Waals surface area contributed by atoms with Gasteiger partial charge < -0.3 is 4.74 Å². The Morgan fingerprint density at radius 2 is 1.76 bits per heavy atom. The smallest absolute Gasteiger partial charge is 0.170 e. The zero-order chi connectivity index (χ0) is 15.6. The lowest BCUT2D eigenvalue weighted by Gasteiger charge is -2.07. The number of halogens is 3. The van der Waals surface area contributed by atoms with Gasteiger partial charge in [0.25, 0.3) is 0 Å². The van der Waals surface area contributed by atoms with Crippen molar-refractivity contribution in [3.63, 3.8) is 0 Å². The van der Waals surface area contributed by atoms with Gasteiger partial charge in [0.1, 0.15) is 11.6 Å². The fraction of sp³-hybridized carbons (Fsp3) is 0.188. The zero-order valence-electron chi connectivity index (χ0n) is 11.5. The first-order valence-electron chi connectivity index (χ1n) is 6.23. The molecule has 0 unspecified atom stereocenters. The number of aryl methyl sites for hydroxylation is 1. The van der Waals surface area contributed by atoms with Gasteiger partial charge in [0.2, 0.25) is 0 Å². The number of rotatable bonds is 4. The van der Waals surface area contributed by atoms with Gasteiger partial charge in [-0.05, 0) is 36.2 Å². The summed E-state index contributed by atoms with van der Waals surface area (Å²) in [5.74, 6) is -2.70. The van der Waals surface area contributed by atoms with E-state index in [4.69, 9.17) is 4.74 Å². The van der Waals surface area contributed by atoms with Crippen LogP contribution in [0.1, 0.15) is 21.5 Å². The Morgan fingerprint density at radius 1 is 1.05 bits per heavy atom. The minimum atomic E-state index is -0.919. The van der Waals surface area contributed by atoms with Gasteiger partial charge in [-0.3, -0.25) is 4.79 Å². The van der Waals surface area contributed by atoms with Crippen LogP contribution in [0.3, 0.4) is 0 Å². The minimum Gasteiger partial charge on any atom is -0.494 e. The number of Topliss-reactive ketones (excluding diaryl/α,β-unsaturated/α-hetero) is 1. The quantitative estimate of drug-likeness (QED) is 0.801. The van der Waals surface area contributed by atoms with E-state index in [2.05, 4.69) is 0 Å². The Hall–Kier alpha value is -2.30. The Kier molecular flexibility index (Phi) is 4.31. The first-order chi connectivity index (χ1) is 9.92. The lowest BCUT2D eigenvalue weighted by Crippen LogP contribution is -2.08. The summed E-state index contributed by atoms with van der Waals surface area (Å²) in [6.45, 7) is 1.44. The van der Waals surface area contributed by atoms with E-state index in [0.717, 1.165) is 12.1 Å². The van der Waals surface area contributed by atoms with Crippen molar-refractivity contribution in [2.45, 2.75) is 13.3 Å². The first kappa shape index (κ1) is 15.1. The molecule has 0 bridgehead atoms. The third kappa shape index (κ3) is 3.24. The lowest BCUT2D eigenvalue weighted by atomic mass is 10.0. The molecule has 2 aromatic carbocycles. The molecule has 2 nitrogen and oxygen atoms in total. The summed E-state index contributed by atoms with van der Waals surface area (Å²) in [4.78, 5) is 12.0. The van der Waals surface area contributed by atoms with Crippen molar-refractivity contribution in [1.29, 1.82) is 0 Å². The molecule has 2 rings (SSSR count). The molecule has 0 aromatic heterocycles. The van der Waals surface area contributed by atoms with Crippen molar-refractivity contribution in [2.24, 2.45) is 0 Å². The summed E-state index contributed by atoms with van der Waals surface area (Å²) in [6.07, 6.45) is -0.178. The van der Waals surface area contributed by atoms with Crippen molar-refractivity contribution < 1.29 is 22.7 Å². The molecule has 2 aromatic rings. The van der Waals surface area contributed by atoms with Crippen LogP contribution in [0.15, 0.2) is 30.3 Å². The summed E-state index contributed by atoms with van der Waals surface area (Å²) >= 11 is 0. The lowest BCUT2D eigenvalue weighted by molar-refractivity contribution is 0.0989. The van der Waals surface area contributed by atoms with Crippen LogP contribution in [0.2, 0.25) is 0 Å². The Morgan fingerprint density at radius 3 is 2.38 bits per heavy atom. The molecule has 0 fully saturated rings. The highest BCUT2D eigenvalue weighted by Gasteiger charge is 2.16. The second-order valence-electron chi connectivity index (χ2n) is 4.65. The number of methoxy groups -OCH3 is 1. The van der Waals surface area contributed by atoms with Crippen LogP contribution < -0.4 is 4.74 Å². The third-order valence-corrected chi connectivity index (χ3v) is 3.13. The van der Waals surface area contributed by atoms with Gasteiger partial charge >= 0.3 is 0 Å². The molecule has 0 saturated heterocycles. The maximum atomic E-state index is 13.6. The van der Waals surface area contributed by atoms with Crippen molar-refractivity contribution in [1.82, 2.24) is 0 Å². The fourth-order valence-electron chi connectivity index (χ4n) is 1.97. The number of ketones is 1. The second kappa shape index (κ2) is 5.99. The molecular weight excluding hydrogens is 281 g/mol. The van der Waals surface area contributed by atoms with Gasteiger partial charge in [-0.15, -0.1) is 0 Å². The monoisotopic (exact) mass is 294 g/mol. The van der Waals surface area contributed by atoms with Crippen LogP contribution in [0, 0.1) is 24.4 Å². The normalized spacial score (nSPS) is 10.5. The van der Waals surface area contributed by atoms with Crippen LogP contribution >= 0.6 is 0 Å². The minimum absolute atomic E-state index is 0.0648. The molecule has 110 valence electrons. The number of hydrogen-bond donors (Lipinski definition) is 0. The summed E-state index contributed by atoms with van der Waals surface area (Å²) in [5, 5.41) is 0. The van der Waals surface area contributed by atoms with E-state index in [9.17, 15) is 18.0 Å². The summed E-state index contributed by atoms with van der Waals surface area (Å²) < 4.78 is 45.1. The van der Waals surface area contributed by atoms with Gasteiger partial charge in [-0.1, -0.05) is 6.07 Å². The van der Waals surface area contributed by atoms with E-state index in [1.807, 2.05) is 0 Å². The van der Waals surface area contributed by atoms with Crippen LogP contribution in [0.25, 0.3) is 0 Å². The summed E-state index contributed by atoms with van der Waals surface area (Å²) in [6, 6.07) is 5.91. The molecule has 0 heterocycles. The van der Waals surface area contributed by atoms with Crippen molar-refractivity contribution in [3.05, 3.63) is 64.5 Å². The summed E-state index contributed by atoms with van der Waals surface area (Å²) in [7, 11) is 1.33. The molecule has 5 heteroatoms. The average molecular weight is 294 g/mol. The van der Waals surface area contributed by atoms with Crippen molar-refractivity contribution >= 4 is 5.78 Å². The van der Waals surface area contributed by atoms with Gasteiger partial charge in [-0.25, -0.2) is 13.2 Å². The zero-order valence-corrected chi connectivity index (χ0v) is 11.5. The van der Waals surface area contributed by atoms with Crippen LogP contribution in [-0.4, -0.2) is 12.9 Å². The topological polar surface area (TPSA) is 26.3 Å². The van der Waals surface area contributed by atoms with E-state index in [1.165, 1.54) is 26.2 Å². The number of hydrogen-bond acceptors (Lipinski definition) is 2. The third-order valence-electron chi connectivity index (χ3n) is 3.13. The highest BCUT2D eigenvalue weighted by molar-refractivity contribution is 5.97. The Labute approximate surface area is 120 Å². The molecule has 21 heavy (non-hydrogen) atoms. The molecule has 0 N–H and O–H groups in total. The number of benzene rings is 2. The predicted octanol–water partition coefficient (Wildman–Crippen LogP) is 3.85. The molecule has 0 aliphatic carbocycles. The van der Waals surface area contributed by atoms with Crippen LogP contribution in [-0.2, 0) is 6.42 Å². The van der Waals surface area contributed by atoms with Gasteiger partial charge in [0, 0.05) is 12.5 Å². The predicted molar refractivity (Wildman–Crippen MR) is 72.1 cm³/mol. The highest BCUT2D eigenvalue weighted by atomic mass is 19.1. The molecule has 0 spiro atoms. The molecule has 0 radical (unpaired) electrons. The second-order valence-corrected chi connectivity index (χ2v) is 4.65. The SMILES string of the molecule is COc1ccc(CC(=O)c2cc(C)c(F)cc2F)cc1F. The first-order valence-corrected chi connectivity index (χ1v) is 6.23. The molecule has 0 atom stereocenters. The number of ether oxygens (including phenoxy) is 1. The standard InChI is InChI=1S/C16H13F3O2/c1-9-5-11(13(18)8-12(9)17)15(20)7-10-3-4-16(21-2)14(19)6-10/h3-6,8H,7H2,1-2H3. The van der Waals surface area contributed by atoms with Crippen molar-refractivity contribution in [2.75, 3.05) is 7.11 Å². The van der Waals surface area contributed by atoms with Gasteiger partial charge in [0.15, 0.2) is 17.3 Å². The Bertz CT molecular complexity index is 696. The fourth-order valence-corrected chi connectivity index (χ4v) is 1.97. The Balaban J connectivity index is 2.26. The van der Waals surface area contributed by atoms with E-state index in [-0.39, 0.29) is 23.3 Å². The molecule has 0 aliphatic heterocycles. The van der Waals surface area contributed by atoms with Crippen LogP contribution in [0.5, 0.6) is 5.75 Å². The molecule has 0 aliphatic rings. The average Bonchev–Trinajstić information content (AvgIpc) is 2.43. The molecular formula is C16H13F3O2. The van der Waals surface area contributed by atoms with Crippen molar-refractivity contribution in [3.8, 4) is 5.75 Å². The van der Waals surface area contributed by atoms with E-state index in [1.54, 1.807) is 0 Å². The largest absolute Gasteiger partial charge is 0.494 e. The van der Waals surface area contributed by atoms with E-state index >= 15 is 0 Å². The highest BCUT2D eigenvalue weighted by Crippen LogP contribution is 2.20. The van der Waals surface area contributed by atoms with E-state index in [0.29, 0.717) is 11.6 Å². The maximum absolute atomic E-state index is 13.6. The van der Waals surface area contributed by atoms with Crippen LogP contribution in [0.4, 0.5) is 13.2 Å². The number of carbonyl (C=O) groups is 1. The number of carbonyl (C=O) groups excluding carboxylic acids is 1. The molecule has 0 amide bonds. The van der Waals surface area contributed by atoms with E-state index < -0.39 is 23.2 Å². The summed E-state index contributed by atoms with van der Waals surface area (Å²) in [5.41, 5.74) is 0.366.